The van der Waals surface area contributed by atoms with Crippen LogP contribution < -0.4 is 0 Å². The van der Waals surface area contributed by atoms with Gasteiger partial charge in [0.15, 0.2) is 6.61 Å². The van der Waals surface area contributed by atoms with Crippen molar-refractivity contribution in [2.24, 2.45) is 0 Å². The van der Waals surface area contributed by atoms with Crippen molar-refractivity contribution >= 4 is 11.9 Å². The molecule has 0 saturated carbocycles. The Morgan fingerprint density at radius 2 is 1.73 bits per heavy atom. The fourth-order valence-corrected chi connectivity index (χ4v) is 0.109. The van der Waals surface area contributed by atoms with Gasteiger partial charge in [0, 0.05) is 6.92 Å². The highest BCUT2D eigenvalue weighted by atomic mass is 17.2. The second-order valence-electron chi connectivity index (χ2n) is 1.34. The molecule has 0 radical (unpaired) electrons. The molecule has 0 amide bonds. The molecular formula is C5H10O6. The lowest BCUT2D eigenvalue weighted by Crippen LogP contribution is -2.05. The van der Waals surface area contributed by atoms with E-state index in [-0.39, 0.29) is 0 Å². The third-order valence-electron chi connectivity index (χ3n) is 0.300. The van der Waals surface area contributed by atoms with Crippen molar-refractivity contribution in [1.82, 2.24) is 0 Å². The highest BCUT2D eigenvalue weighted by Gasteiger charge is 1.92. The Morgan fingerprint density at radius 3 is 1.82 bits per heavy atom. The molecule has 0 unspecified atom stereocenters. The average Bonchev–Trinajstić information content (AvgIpc) is 1.82. The van der Waals surface area contributed by atoms with E-state index in [0.717, 1.165) is 6.92 Å². The van der Waals surface area contributed by atoms with E-state index in [0.29, 0.717) is 0 Å². The molecule has 11 heavy (non-hydrogen) atoms. The smallest absolute Gasteiger partial charge is 0.333 e. The van der Waals surface area contributed by atoms with Crippen LogP contribution in [0.1, 0.15) is 6.92 Å². The van der Waals surface area contributed by atoms with Crippen LogP contribution in [0.3, 0.4) is 0 Å². The molecule has 0 aromatic rings. The minimum atomic E-state index is -1.04. The van der Waals surface area contributed by atoms with Gasteiger partial charge >= 0.3 is 5.97 Å². The number of carboxylic acids is 2. The van der Waals surface area contributed by atoms with Crippen molar-refractivity contribution in [1.29, 1.82) is 0 Å². The van der Waals surface area contributed by atoms with E-state index in [4.69, 9.17) is 15.0 Å². The molecule has 0 aliphatic carbocycles. The maximum atomic E-state index is 9.55. The van der Waals surface area contributed by atoms with E-state index in [1.165, 1.54) is 7.11 Å². The van der Waals surface area contributed by atoms with Gasteiger partial charge in [-0.3, -0.25) is 4.79 Å². The van der Waals surface area contributed by atoms with Crippen LogP contribution in [0.4, 0.5) is 0 Å². The first kappa shape index (κ1) is 12.5. The van der Waals surface area contributed by atoms with Crippen LogP contribution in [0.15, 0.2) is 0 Å². The van der Waals surface area contributed by atoms with Gasteiger partial charge in [-0.2, -0.15) is 0 Å². The molecule has 0 atom stereocenters. The Bertz CT molecular complexity index is 116. The fourth-order valence-electron chi connectivity index (χ4n) is 0.109. The number of rotatable bonds is 3. The molecule has 0 bridgehead atoms. The molecule has 0 aliphatic rings. The zero-order valence-electron chi connectivity index (χ0n) is 6.23. The third-order valence-corrected chi connectivity index (χ3v) is 0.300. The maximum Gasteiger partial charge on any atom is 0.333 e. The van der Waals surface area contributed by atoms with E-state index in [2.05, 4.69) is 9.78 Å². The summed E-state index contributed by atoms with van der Waals surface area (Å²) in [6, 6.07) is 0. The second-order valence-corrected chi connectivity index (χ2v) is 1.34. The molecular weight excluding hydrogens is 156 g/mol. The molecule has 2 N–H and O–H groups in total. The molecule has 6 heteroatoms. The molecule has 0 spiro atoms. The predicted molar refractivity (Wildman–Crippen MR) is 33.9 cm³/mol. The van der Waals surface area contributed by atoms with Crippen LogP contribution in [-0.2, 0) is 19.4 Å². The van der Waals surface area contributed by atoms with Gasteiger partial charge in [-0.25, -0.2) is 14.6 Å². The van der Waals surface area contributed by atoms with Crippen molar-refractivity contribution in [3.8, 4) is 0 Å². The van der Waals surface area contributed by atoms with Crippen molar-refractivity contribution in [2.45, 2.75) is 6.92 Å². The normalized spacial score (nSPS) is 7.82. The Labute approximate surface area is 63.3 Å². The molecule has 0 rings (SSSR count). The minimum Gasteiger partial charge on any atom is -0.481 e. The van der Waals surface area contributed by atoms with E-state index >= 15 is 0 Å². The van der Waals surface area contributed by atoms with Gasteiger partial charge in [-0.1, -0.05) is 0 Å². The van der Waals surface area contributed by atoms with Crippen molar-refractivity contribution in [2.75, 3.05) is 13.7 Å². The summed E-state index contributed by atoms with van der Waals surface area (Å²) in [5.74, 6) is -1.87. The van der Waals surface area contributed by atoms with E-state index < -0.39 is 18.5 Å². The molecule has 0 aliphatic heterocycles. The summed E-state index contributed by atoms with van der Waals surface area (Å²) in [5.41, 5.74) is 0. The highest BCUT2D eigenvalue weighted by Crippen LogP contribution is 1.69. The monoisotopic (exact) mass is 166 g/mol. The van der Waals surface area contributed by atoms with Gasteiger partial charge < -0.3 is 10.2 Å². The summed E-state index contributed by atoms with van der Waals surface area (Å²) < 4.78 is 0. The molecule has 0 heterocycles. The Hall–Kier alpha value is -1.14. The Kier molecular flexibility index (Phi) is 10.1. The van der Waals surface area contributed by atoms with Crippen molar-refractivity contribution < 1.29 is 29.6 Å². The highest BCUT2D eigenvalue weighted by molar-refractivity contribution is 5.67. The van der Waals surface area contributed by atoms with Gasteiger partial charge in [0.05, 0.1) is 7.11 Å². The SMILES string of the molecule is CC(=O)O.COOCC(=O)O. The first-order valence-electron chi connectivity index (χ1n) is 2.57. The third kappa shape index (κ3) is 51.0. The number of carboxylic acid groups (broad SMARTS) is 2. The summed E-state index contributed by atoms with van der Waals surface area (Å²) >= 11 is 0. The maximum absolute atomic E-state index is 9.55. The summed E-state index contributed by atoms with van der Waals surface area (Å²) in [4.78, 5) is 26.5. The summed E-state index contributed by atoms with van der Waals surface area (Å²) in [6.45, 7) is 0.677. The largest absolute Gasteiger partial charge is 0.481 e. The lowest BCUT2D eigenvalue weighted by Gasteiger charge is -1.89. The van der Waals surface area contributed by atoms with Crippen molar-refractivity contribution in [3.63, 3.8) is 0 Å². The fraction of sp³-hybridized carbons (Fsp3) is 0.600. The molecule has 66 valence electrons. The van der Waals surface area contributed by atoms with Crippen LogP contribution in [0.2, 0.25) is 0 Å². The zero-order chi connectivity index (χ0) is 9.28. The lowest BCUT2D eigenvalue weighted by molar-refractivity contribution is -0.270. The van der Waals surface area contributed by atoms with Gasteiger partial charge in [0.2, 0.25) is 0 Å². The van der Waals surface area contributed by atoms with E-state index in [9.17, 15) is 4.79 Å². The number of hydrogen-bond donors (Lipinski definition) is 2. The molecule has 0 saturated heterocycles. The van der Waals surface area contributed by atoms with Crippen LogP contribution in [-0.4, -0.2) is 35.9 Å². The Morgan fingerprint density at radius 1 is 1.36 bits per heavy atom. The summed E-state index contributed by atoms with van der Waals surface area (Å²) in [5, 5.41) is 15.3. The van der Waals surface area contributed by atoms with Crippen LogP contribution in [0.5, 0.6) is 0 Å². The van der Waals surface area contributed by atoms with Crippen LogP contribution in [0.25, 0.3) is 0 Å². The van der Waals surface area contributed by atoms with Gasteiger partial charge in [-0.05, 0) is 0 Å². The zero-order valence-corrected chi connectivity index (χ0v) is 6.23. The van der Waals surface area contributed by atoms with Crippen LogP contribution in [0, 0.1) is 0 Å². The molecule has 0 fully saturated rings. The topological polar surface area (TPSA) is 93.1 Å². The molecule has 0 aromatic carbocycles. The van der Waals surface area contributed by atoms with E-state index in [1.54, 1.807) is 0 Å². The standard InChI is InChI=1S/C3H6O4.C2H4O2/c1-6-7-2-3(4)5;1-2(3)4/h2H2,1H3,(H,4,5);1H3,(H,3,4). The quantitative estimate of drug-likeness (QED) is 0.443. The molecule has 6 nitrogen and oxygen atoms in total. The van der Waals surface area contributed by atoms with E-state index in [1.807, 2.05) is 0 Å². The summed E-state index contributed by atoms with van der Waals surface area (Å²) in [6.07, 6.45) is 0. The van der Waals surface area contributed by atoms with Gasteiger partial charge in [-0.15, -0.1) is 0 Å². The van der Waals surface area contributed by atoms with Crippen LogP contribution >= 0.6 is 0 Å². The second kappa shape index (κ2) is 8.86. The minimum absolute atomic E-state index is 0.406. The number of aliphatic carboxylic acids is 2. The Balaban J connectivity index is 0. The first-order chi connectivity index (χ1) is 5.00. The lowest BCUT2D eigenvalue weighted by atomic mass is 10.8. The van der Waals surface area contributed by atoms with Gasteiger partial charge in [0.25, 0.3) is 5.97 Å². The molecule has 0 aromatic heterocycles. The summed E-state index contributed by atoms with van der Waals surface area (Å²) in [7, 11) is 1.25. The predicted octanol–water partition coefficient (Wildman–Crippen LogP) is -0.260. The first-order valence-corrected chi connectivity index (χ1v) is 2.57. The van der Waals surface area contributed by atoms with Gasteiger partial charge in [0.1, 0.15) is 0 Å². The average molecular weight is 166 g/mol. The van der Waals surface area contributed by atoms with Crippen molar-refractivity contribution in [3.05, 3.63) is 0 Å². The number of carbonyl (C=O) groups is 2. The number of hydrogen-bond acceptors (Lipinski definition) is 4.